The van der Waals surface area contributed by atoms with Crippen molar-refractivity contribution in [2.45, 2.75) is 19.4 Å². The first-order chi connectivity index (χ1) is 8.74. The molecule has 2 aromatic rings. The van der Waals surface area contributed by atoms with Crippen LogP contribution in [0.1, 0.15) is 13.3 Å². The van der Waals surface area contributed by atoms with Gasteiger partial charge in [0.25, 0.3) is 0 Å². The third-order valence-electron chi connectivity index (χ3n) is 2.99. The molecule has 0 aliphatic rings. The lowest BCUT2D eigenvalue weighted by Crippen LogP contribution is -2.24. The first-order valence-electron chi connectivity index (χ1n) is 6.14. The molecule has 4 nitrogen and oxygen atoms in total. The second-order valence-electron chi connectivity index (χ2n) is 4.34. The van der Waals surface area contributed by atoms with Gasteiger partial charge in [0.2, 0.25) is 0 Å². The molecule has 1 atom stereocenters. The number of aromatic nitrogens is 1. The maximum absolute atomic E-state index is 5.77. The lowest BCUT2D eigenvalue weighted by Gasteiger charge is -2.18. The average Bonchev–Trinajstić information content (AvgIpc) is 2.38. The minimum atomic E-state index is 0.304. The summed E-state index contributed by atoms with van der Waals surface area (Å²) < 4.78 is 5.20. The molecule has 0 aliphatic heterocycles. The van der Waals surface area contributed by atoms with E-state index in [1.165, 1.54) is 0 Å². The number of nitrogens with one attached hydrogen (secondary N) is 1. The fourth-order valence-corrected chi connectivity index (χ4v) is 1.97. The summed E-state index contributed by atoms with van der Waals surface area (Å²) in [6, 6.07) is 8.07. The second-order valence-corrected chi connectivity index (χ2v) is 4.34. The van der Waals surface area contributed by atoms with Gasteiger partial charge in [-0.3, -0.25) is 4.98 Å². The fourth-order valence-electron chi connectivity index (χ4n) is 1.97. The SMILES string of the molecule is CCC(COC)Nc1ccnc2cc(N)ccc12. The van der Waals surface area contributed by atoms with Crippen LogP contribution in [0.3, 0.4) is 0 Å². The van der Waals surface area contributed by atoms with Crippen molar-refractivity contribution in [3.05, 3.63) is 30.5 Å². The lowest BCUT2D eigenvalue weighted by molar-refractivity contribution is 0.184. The van der Waals surface area contributed by atoms with Crippen molar-refractivity contribution < 1.29 is 4.74 Å². The smallest absolute Gasteiger partial charge is 0.0743 e. The zero-order valence-electron chi connectivity index (χ0n) is 10.8. The average molecular weight is 245 g/mol. The van der Waals surface area contributed by atoms with Crippen molar-refractivity contribution in [2.75, 3.05) is 24.8 Å². The van der Waals surface area contributed by atoms with Crippen LogP contribution in [0.2, 0.25) is 0 Å². The quantitative estimate of drug-likeness (QED) is 0.795. The Labute approximate surface area is 107 Å². The van der Waals surface area contributed by atoms with E-state index in [4.69, 9.17) is 10.5 Å². The Balaban J connectivity index is 2.32. The highest BCUT2D eigenvalue weighted by Crippen LogP contribution is 2.24. The van der Waals surface area contributed by atoms with Gasteiger partial charge in [-0.05, 0) is 30.7 Å². The number of methoxy groups -OCH3 is 1. The highest BCUT2D eigenvalue weighted by Gasteiger charge is 2.08. The Morgan fingerprint density at radius 1 is 1.39 bits per heavy atom. The van der Waals surface area contributed by atoms with Crippen molar-refractivity contribution >= 4 is 22.3 Å². The standard InChI is InChI=1S/C14H19N3O/c1-3-11(9-18-2)17-13-6-7-16-14-8-10(15)4-5-12(13)14/h4-8,11H,3,9,15H2,1-2H3,(H,16,17). The van der Waals surface area contributed by atoms with Crippen LogP contribution >= 0.6 is 0 Å². The largest absolute Gasteiger partial charge is 0.399 e. The van der Waals surface area contributed by atoms with Crippen molar-refractivity contribution in [1.82, 2.24) is 4.98 Å². The van der Waals surface area contributed by atoms with Crippen molar-refractivity contribution in [3.63, 3.8) is 0 Å². The number of fused-ring (bicyclic) bond motifs is 1. The van der Waals surface area contributed by atoms with E-state index < -0.39 is 0 Å². The number of nitrogen functional groups attached to an aromatic ring is 1. The Hall–Kier alpha value is -1.81. The molecular formula is C14H19N3O. The zero-order valence-corrected chi connectivity index (χ0v) is 10.8. The third-order valence-corrected chi connectivity index (χ3v) is 2.99. The Morgan fingerprint density at radius 2 is 2.22 bits per heavy atom. The second kappa shape index (κ2) is 5.69. The molecular weight excluding hydrogens is 226 g/mol. The summed E-state index contributed by atoms with van der Waals surface area (Å²) in [6.45, 7) is 2.83. The van der Waals surface area contributed by atoms with Crippen LogP contribution in [-0.4, -0.2) is 24.7 Å². The Morgan fingerprint density at radius 3 is 2.94 bits per heavy atom. The number of hydrogen-bond donors (Lipinski definition) is 2. The van der Waals surface area contributed by atoms with Gasteiger partial charge >= 0.3 is 0 Å². The number of nitrogens with zero attached hydrogens (tertiary/aromatic N) is 1. The van der Waals surface area contributed by atoms with Gasteiger partial charge in [-0.2, -0.15) is 0 Å². The third kappa shape index (κ3) is 2.71. The van der Waals surface area contributed by atoms with Gasteiger partial charge < -0.3 is 15.8 Å². The number of nitrogens with two attached hydrogens (primary N) is 1. The molecule has 0 saturated heterocycles. The van der Waals surface area contributed by atoms with Crippen molar-refractivity contribution in [2.24, 2.45) is 0 Å². The van der Waals surface area contributed by atoms with Crippen LogP contribution in [0.15, 0.2) is 30.5 Å². The molecule has 1 aromatic carbocycles. The van der Waals surface area contributed by atoms with Gasteiger partial charge in [0.15, 0.2) is 0 Å². The first-order valence-corrected chi connectivity index (χ1v) is 6.14. The minimum absolute atomic E-state index is 0.304. The molecule has 4 heteroatoms. The van der Waals surface area contributed by atoms with E-state index >= 15 is 0 Å². The van der Waals surface area contributed by atoms with E-state index in [-0.39, 0.29) is 0 Å². The van der Waals surface area contributed by atoms with E-state index in [1.54, 1.807) is 13.3 Å². The molecule has 1 heterocycles. The molecule has 1 unspecified atom stereocenters. The lowest BCUT2D eigenvalue weighted by atomic mass is 10.1. The fraction of sp³-hybridized carbons (Fsp3) is 0.357. The van der Waals surface area contributed by atoms with Crippen LogP contribution in [0, 0.1) is 0 Å². The predicted octanol–water partition coefficient (Wildman–Crippen LogP) is 2.65. The van der Waals surface area contributed by atoms with Crippen molar-refractivity contribution in [1.29, 1.82) is 0 Å². The van der Waals surface area contributed by atoms with E-state index in [9.17, 15) is 0 Å². The summed E-state index contributed by atoms with van der Waals surface area (Å²) in [6.07, 6.45) is 2.80. The summed E-state index contributed by atoms with van der Waals surface area (Å²) in [4.78, 5) is 4.33. The van der Waals surface area contributed by atoms with E-state index in [2.05, 4.69) is 17.2 Å². The van der Waals surface area contributed by atoms with Gasteiger partial charge in [-0.1, -0.05) is 6.92 Å². The number of pyridine rings is 1. The molecule has 96 valence electrons. The number of benzene rings is 1. The molecule has 0 aliphatic carbocycles. The summed E-state index contributed by atoms with van der Waals surface area (Å²) in [5, 5.41) is 4.57. The summed E-state index contributed by atoms with van der Waals surface area (Å²) >= 11 is 0. The molecule has 18 heavy (non-hydrogen) atoms. The molecule has 3 N–H and O–H groups in total. The Bertz CT molecular complexity index is 527. The highest BCUT2D eigenvalue weighted by atomic mass is 16.5. The summed E-state index contributed by atoms with van der Waals surface area (Å²) in [5.41, 5.74) is 8.48. The molecule has 0 fully saturated rings. The maximum Gasteiger partial charge on any atom is 0.0743 e. The van der Waals surface area contributed by atoms with Crippen LogP contribution < -0.4 is 11.1 Å². The van der Waals surface area contributed by atoms with Crippen LogP contribution in [0.4, 0.5) is 11.4 Å². The number of hydrogen-bond acceptors (Lipinski definition) is 4. The number of ether oxygens (including phenoxy) is 1. The maximum atomic E-state index is 5.77. The van der Waals surface area contributed by atoms with E-state index in [0.29, 0.717) is 12.6 Å². The van der Waals surface area contributed by atoms with Crippen LogP contribution in [0.5, 0.6) is 0 Å². The normalized spacial score (nSPS) is 12.6. The molecule has 0 bridgehead atoms. The van der Waals surface area contributed by atoms with Gasteiger partial charge in [-0.15, -0.1) is 0 Å². The highest BCUT2D eigenvalue weighted by molar-refractivity contribution is 5.92. The molecule has 0 spiro atoms. The monoisotopic (exact) mass is 245 g/mol. The minimum Gasteiger partial charge on any atom is -0.399 e. The van der Waals surface area contributed by atoms with E-state index in [0.717, 1.165) is 28.7 Å². The Kier molecular flexibility index (Phi) is 3.99. The van der Waals surface area contributed by atoms with Gasteiger partial charge in [0.1, 0.15) is 0 Å². The molecule has 1 aromatic heterocycles. The zero-order chi connectivity index (χ0) is 13.0. The predicted molar refractivity (Wildman–Crippen MR) is 75.7 cm³/mol. The van der Waals surface area contributed by atoms with Gasteiger partial charge in [-0.25, -0.2) is 0 Å². The summed E-state index contributed by atoms with van der Waals surface area (Å²) in [7, 11) is 1.72. The molecule has 0 saturated carbocycles. The van der Waals surface area contributed by atoms with Crippen molar-refractivity contribution in [3.8, 4) is 0 Å². The number of anilines is 2. The molecule has 0 radical (unpaired) electrons. The molecule has 0 amide bonds. The van der Waals surface area contributed by atoms with Crippen LogP contribution in [0.25, 0.3) is 10.9 Å². The number of rotatable bonds is 5. The summed E-state index contributed by atoms with van der Waals surface area (Å²) in [5.74, 6) is 0. The van der Waals surface area contributed by atoms with Gasteiger partial charge in [0.05, 0.1) is 12.1 Å². The van der Waals surface area contributed by atoms with Gasteiger partial charge in [0, 0.05) is 36.1 Å². The first kappa shape index (κ1) is 12.6. The molecule has 2 rings (SSSR count). The van der Waals surface area contributed by atoms with Crippen LogP contribution in [-0.2, 0) is 4.74 Å². The van der Waals surface area contributed by atoms with E-state index in [1.807, 2.05) is 24.3 Å². The topological polar surface area (TPSA) is 60.2 Å².